The van der Waals surface area contributed by atoms with E-state index >= 15 is 0 Å². The van der Waals surface area contributed by atoms with Gasteiger partial charge >= 0.3 is 0 Å². The SMILES string of the molecule is CC1CCCN(c2ccc(C(=O)Nc3ccccc3Cl)cc2[N+](=O)[O-])C1. The predicted octanol–water partition coefficient (Wildman–Crippen LogP) is 4.74. The fourth-order valence-electron chi connectivity index (χ4n) is 3.24. The average molecular weight is 374 g/mol. The summed E-state index contributed by atoms with van der Waals surface area (Å²) < 4.78 is 0. The van der Waals surface area contributed by atoms with Crippen LogP contribution in [0.5, 0.6) is 0 Å². The zero-order valence-electron chi connectivity index (χ0n) is 14.4. The number of nitro groups is 1. The summed E-state index contributed by atoms with van der Waals surface area (Å²) in [6, 6.07) is 11.5. The molecule has 2 aromatic carbocycles. The number of carbonyl (C=O) groups excluding carboxylic acids is 1. The molecule has 1 unspecified atom stereocenters. The summed E-state index contributed by atoms with van der Waals surface area (Å²) in [4.78, 5) is 25.6. The molecule has 0 aromatic heterocycles. The van der Waals surface area contributed by atoms with Crippen molar-refractivity contribution in [3.8, 4) is 0 Å². The van der Waals surface area contributed by atoms with Gasteiger partial charge in [-0.1, -0.05) is 30.7 Å². The lowest BCUT2D eigenvalue weighted by Crippen LogP contribution is -2.34. The van der Waals surface area contributed by atoms with E-state index in [2.05, 4.69) is 12.2 Å². The van der Waals surface area contributed by atoms with Crippen molar-refractivity contribution < 1.29 is 9.72 Å². The van der Waals surface area contributed by atoms with Crippen LogP contribution >= 0.6 is 11.6 Å². The summed E-state index contributed by atoms with van der Waals surface area (Å²) in [6.07, 6.45) is 2.13. The number of rotatable bonds is 4. The van der Waals surface area contributed by atoms with Gasteiger partial charge in [0.25, 0.3) is 11.6 Å². The average Bonchev–Trinajstić information content (AvgIpc) is 2.63. The Kier molecular flexibility index (Phi) is 5.42. The third-order valence-electron chi connectivity index (χ3n) is 4.55. The van der Waals surface area contributed by atoms with Crippen molar-refractivity contribution >= 4 is 34.6 Å². The molecule has 1 amide bonds. The Morgan fingerprint density at radius 3 is 2.77 bits per heavy atom. The zero-order chi connectivity index (χ0) is 18.7. The predicted molar refractivity (Wildman–Crippen MR) is 103 cm³/mol. The van der Waals surface area contributed by atoms with Crippen molar-refractivity contribution in [3.05, 3.63) is 63.2 Å². The summed E-state index contributed by atoms with van der Waals surface area (Å²) in [5, 5.41) is 14.7. The molecule has 1 aliphatic rings. The first-order valence-corrected chi connectivity index (χ1v) is 8.93. The summed E-state index contributed by atoms with van der Waals surface area (Å²) in [5.41, 5.74) is 1.21. The molecule has 0 spiro atoms. The van der Waals surface area contributed by atoms with Gasteiger partial charge in [0.2, 0.25) is 0 Å². The Morgan fingerprint density at radius 1 is 1.31 bits per heavy atom. The van der Waals surface area contributed by atoms with Gasteiger partial charge in [0.05, 0.1) is 15.6 Å². The van der Waals surface area contributed by atoms with Gasteiger partial charge in [-0.2, -0.15) is 0 Å². The monoisotopic (exact) mass is 373 g/mol. The lowest BCUT2D eigenvalue weighted by Gasteiger charge is -2.32. The van der Waals surface area contributed by atoms with Gasteiger partial charge in [-0.25, -0.2) is 0 Å². The number of carbonyl (C=O) groups is 1. The van der Waals surface area contributed by atoms with E-state index in [1.165, 1.54) is 6.07 Å². The summed E-state index contributed by atoms with van der Waals surface area (Å²) >= 11 is 6.05. The van der Waals surface area contributed by atoms with Crippen LogP contribution in [-0.4, -0.2) is 23.9 Å². The van der Waals surface area contributed by atoms with Crippen LogP contribution in [0.15, 0.2) is 42.5 Å². The van der Waals surface area contributed by atoms with Crippen molar-refractivity contribution in [1.29, 1.82) is 0 Å². The molecule has 0 saturated carbocycles. The number of nitrogens with one attached hydrogen (secondary N) is 1. The van der Waals surface area contributed by atoms with Crippen molar-refractivity contribution in [2.45, 2.75) is 19.8 Å². The highest BCUT2D eigenvalue weighted by Crippen LogP contribution is 2.33. The maximum absolute atomic E-state index is 12.5. The Labute approximate surface area is 156 Å². The fourth-order valence-corrected chi connectivity index (χ4v) is 3.43. The molecule has 1 heterocycles. The van der Waals surface area contributed by atoms with Gasteiger partial charge in [-0.3, -0.25) is 14.9 Å². The van der Waals surface area contributed by atoms with E-state index in [1.54, 1.807) is 36.4 Å². The number of amides is 1. The summed E-state index contributed by atoms with van der Waals surface area (Å²) in [5.74, 6) is 0.0614. The van der Waals surface area contributed by atoms with Crippen LogP contribution in [-0.2, 0) is 0 Å². The Balaban J connectivity index is 1.87. The normalized spacial score (nSPS) is 17.0. The van der Waals surface area contributed by atoms with Crippen LogP contribution in [0.25, 0.3) is 0 Å². The highest BCUT2D eigenvalue weighted by Gasteiger charge is 2.25. The van der Waals surface area contributed by atoms with E-state index < -0.39 is 10.8 Å². The molecular formula is C19H20ClN3O3. The number of hydrogen-bond acceptors (Lipinski definition) is 4. The number of nitro benzene ring substituents is 1. The Bertz CT molecular complexity index is 841. The van der Waals surface area contributed by atoms with Crippen LogP contribution in [0.4, 0.5) is 17.1 Å². The summed E-state index contributed by atoms with van der Waals surface area (Å²) in [7, 11) is 0. The quantitative estimate of drug-likeness (QED) is 0.620. The highest BCUT2D eigenvalue weighted by atomic mass is 35.5. The van der Waals surface area contributed by atoms with Gasteiger partial charge in [0, 0.05) is 24.7 Å². The second kappa shape index (κ2) is 7.74. The fraction of sp³-hybridized carbons (Fsp3) is 0.316. The third-order valence-corrected chi connectivity index (χ3v) is 4.88. The van der Waals surface area contributed by atoms with Gasteiger partial charge < -0.3 is 10.2 Å². The van der Waals surface area contributed by atoms with Crippen LogP contribution in [0.3, 0.4) is 0 Å². The first-order valence-electron chi connectivity index (χ1n) is 8.55. The first-order chi connectivity index (χ1) is 12.5. The molecule has 7 heteroatoms. The number of piperidine rings is 1. The van der Waals surface area contributed by atoms with Crippen molar-refractivity contribution in [1.82, 2.24) is 0 Å². The highest BCUT2D eigenvalue weighted by molar-refractivity contribution is 6.33. The molecule has 26 heavy (non-hydrogen) atoms. The molecule has 136 valence electrons. The molecule has 0 bridgehead atoms. The Hall–Kier alpha value is -2.60. The maximum atomic E-state index is 12.5. The van der Waals surface area contributed by atoms with E-state index in [-0.39, 0.29) is 11.3 Å². The molecule has 1 atom stereocenters. The number of hydrogen-bond donors (Lipinski definition) is 1. The van der Waals surface area contributed by atoms with Crippen LogP contribution in [0.1, 0.15) is 30.1 Å². The standard InChI is InChI=1S/C19H20ClN3O3/c1-13-5-4-10-22(12-13)17-9-8-14(11-18(17)23(25)26)19(24)21-16-7-3-2-6-15(16)20/h2-3,6-9,11,13H,4-5,10,12H2,1H3,(H,21,24). The summed E-state index contributed by atoms with van der Waals surface area (Å²) in [6.45, 7) is 3.71. The van der Waals surface area contributed by atoms with Gasteiger partial charge in [-0.15, -0.1) is 0 Å². The molecule has 0 radical (unpaired) electrons. The van der Waals surface area contributed by atoms with Gasteiger partial charge in [0.15, 0.2) is 0 Å². The molecule has 6 nitrogen and oxygen atoms in total. The van der Waals surface area contributed by atoms with E-state index in [4.69, 9.17) is 11.6 Å². The lowest BCUT2D eigenvalue weighted by atomic mass is 9.99. The third kappa shape index (κ3) is 3.96. The minimum Gasteiger partial charge on any atom is -0.366 e. The molecule has 1 aliphatic heterocycles. The minimum absolute atomic E-state index is 0.0501. The van der Waals surface area contributed by atoms with E-state index in [9.17, 15) is 14.9 Å². The van der Waals surface area contributed by atoms with Crippen molar-refractivity contribution in [2.24, 2.45) is 5.92 Å². The van der Waals surface area contributed by atoms with Crippen molar-refractivity contribution in [3.63, 3.8) is 0 Å². The number of para-hydroxylation sites is 1. The van der Waals surface area contributed by atoms with Gasteiger partial charge in [-0.05, 0) is 43.0 Å². The second-order valence-corrected chi connectivity index (χ2v) is 7.00. The van der Waals surface area contributed by atoms with Crippen LogP contribution in [0.2, 0.25) is 5.02 Å². The molecule has 0 aliphatic carbocycles. The number of nitrogens with zero attached hydrogens (tertiary/aromatic N) is 2. The topological polar surface area (TPSA) is 75.5 Å². The number of halogens is 1. The molecule has 3 rings (SSSR count). The second-order valence-electron chi connectivity index (χ2n) is 6.59. The van der Waals surface area contributed by atoms with Crippen LogP contribution < -0.4 is 10.2 Å². The first kappa shape index (κ1) is 18.2. The maximum Gasteiger partial charge on any atom is 0.293 e. The number of benzene rings is 2. The Morgan fingerprint density at radius 2 is 2.08 bits per heavy atom. The van der Waals surface area contributed by atoms with E-state index in [0.29, 0.717) is 22.3 Å². The van der Waals surface area contributed by atoms with E-state index in [0.717, 1.165) is 25.9 Å². The van der Waals surface area contributed by atoms with Crippen molar-refractivity contribution in [2.75, 3.05) is 23.3 Å². The number of anilines is 2. The van der Waals surface area contributed by atoms with Gasteiger partial charge in [0.1, 0.15) is 5.69 Å². The van der Waals surface area contributed by atoms with E-state index in [1.807, 2.05) is 4.90 Å². The molecule has 1 saturated heterocycles. The lowest BCUT2D eigenvalue weighted by molar-refractivity contribution is -0.384. The minimum atomic E-state index is -0.431. The largest absolute Gasteiger partial charge is 0.366 e. The molecule has 1 fully saturated rings. The zero-order valence-corrected chi connectivity index (χ0v) is 15.2. The molecule has 2 aromatic rings. The molecule has 1 N–H and O–H groups in total. The smallest absolute Gasteiger partial charge is 0.293 e. The molecular weight excluding hydrogens is 354 g/mol. The van der Waals surface area contributed by atoms with Crippen LogP contribution in [0, 0.1) is 16.0 Å².